The van der Waals surface area contributed by atoms with Crippen LogP contribution < -0.4 is 5.73 Å². The van der Waals surface area contributed by atoms with Crippen LogP contribution in [0.15, 0.2) is 24.3 Å². The standard InChI is InChI=1S/C19H27N3O3/c1-19(2)21-12-14-8-4-3-7-13(14)11-16(21)17(23)22(19)15(18(24)25)9-5-6-10-20/h3-4,7-8,15-16H,5-6,9-12,20H2,1-2H3,(H,24,25)/t15-,16-/m0/s1. The molecule has 0 spiro atoms. The molecule has 0 radical (unpaired) electrons. The summed E-state index contributed by atoms with van der Waals surface area (Å²) in [6.07, 6.45) is 2.56. The second kappa shape index (κ2) is 6.77. The molecule has 0 unspecified atom stereocenters. The van der Waals surface area contributed by atoms with E-state index in [0.29, 0.717) is 32.4 Å². The van der Waals surface area contributed by atoms with Gasteiger partial charge >= 0.3 is 5.97 Å². The molecule has 2 aliphatic heterocycles. The lowest BCUT2D eigenvalue weighted by atomic mass is 9.94. The van der Waals surface area contributed by atoms with Gasteiger partial charge in [-0.3, -0.25) is 9.69 Å². The molecule has 25 heavy (non-hydrogen) atoms. The van der Waals surface area contributed by atoms with E-state index in [9.17, 15) is 14.7 Å². The minimum atomic E-state index is -0.934. The van der Waals surface area contributed by atoms with Crippen molar-refractivity contribution in [3.63, 3.8) is 0 Å². The summed E-state index contributed by atoms with van der Waals surface area (Å²) in [5, 5.41) is 9.75. The zero-order chi connectivity index (χ0) is 18.2. The molecule has 6 heteroatoms. The van der Waals surface area contributed by atoms with Gasteiger partial charge < -0.3 is 15.7 Å². The van der Waals surface area contributed by atoms with Crippen molar-refractivity contribution in [2.75, 3.05) is 6.54 Å². The van der Waals surface area contributed by atoms with Crippen LogP contribution in [0.1, 0.15) is 44.2 Å². The van der Waals surface area contributed by atoms with Gasteiger partial charge in [-0.05, 0) is 57.2 Å². The van der Waals surface area contributed by atoms with Crippen molar-refractivity contribution >= 4 is 11.9 Å². The molecule has 6 nitrogen and oxygen atoms in total. The van der Waals surface area contributed by atoms with Crippen molar-refractivity contribution in [2.24, 2.45) is 5.73 Å². The van der Waals surface area contributed by atoms with Crippen molar-refractivity contribution < 1.29 is 14.7 Å². The molecule has 2 atom stereocenters. The lowest BCUT2D eigenvalue weighted by Crippen LogP contribution is -2.56. The molecule has 3 N–H and O–H groups in total. The van der Waals surface area contributed by atoms with Gasteiger partial charge in [0, 0.05) is 6.54 Å². The Hall–Kier alpha value is -1.92. The first-order valence-electron chi connectivity index (χ1n) is 8.97. The van der Waals surface area contributed by atoms with Crippen LogP contribution >= 0.6 is 0 Å². The van der Waals surface area contributed by atoms with Gasteiger partial charge in [-0.2, -0.15) is 0 Å². The maximum atomic E-state index is 13.1. The van der Waals surface area contributed by atoms with E-state index in [4.69, 9.17) is 5.73 Å². The second-order valence-electron chi connectivity index (χ2n) is 7.46. The third-order valence-corrected chi connectivity index (χ3v) is 5.59. The molecule has 1 fully saturated rings. The van der Waals surface area contributed by atoms with E-state index in [1.165, 1.54) is 11.1 Å². The number of nitrogens with two attached hydrogens (primary N) is 1. The number of carbonyl (C=O) groups excluding carboxylic acids is 1. The maximum Gasteiger partial charge on any atom is 0.326 e. The zero-order valence-corrected chi connectivity index (χ0v) is 14.9. The maximum absolute atomic E-state index is 13.1. The van der Waals surface area contributed by atoms with E-state index < -0.39 is 17.7 Å². The van der Waals surface area contributed by atoms with Gasteiger partial charge in [0.05, 0.1) is 11.7 Å². The Morgan fingerprint density at radius 2 is 2.00 bits per heavy atom. The minimum absolute atomic E-state index is 0.0698. The lowest BCUT2D eigenvalue weighted by Gasteiger charge is -2.42. The monoisotopic (exact) mass is 345 g/mol. The van der Waals surface area contributed by atoms with Crippen LogP contribution in [0.25, 0.3) is 0 Å². The van der Waals surface area contributed by atoms with Crippen LogP contribution in [0.2, 0.25) is 0 Å². The lowest BCUT2D eigenvalue weighted by molar-refractivity contribution is -0.153. The fourth-order valence-corrected chi connectivity index (χ4v) is 4.27. The van der Waals surface area contributed by atoms with Gasteiger partial charge in [0.2, 0.25) is 5.91 Å². The number of aliphatic carboxylic acids is 1. The number of nitrogens with zero attached hydrogens (tertiary/aromatic N) is 2. The Kier molecular flexibility index (Phi) is 4.84. The fraction of sp³-hybridized carbons (Fsp3) is 0.579. The normalized spacial score (nSPS) is 23.2. The summed E-state index contributed by atoms with van der Waals surface area (Å²) < 4.78 is 0. The summed E-state index contributed by atoms with van der Waals surface area (Å²) in [5.74, 6) is -1.00. The number of carboxylic acids is 1. The first-order chi connectivity index (χ1) is 11.9. The number of carbonyl (C=O) groups is 2. The highest BCUT2D eigenvalue weighted by atomic mass is 16.4. The third-order valence-electron chi connectivity index (χ3n) is 5.59. The first-order valence-corrected chi connectivity index (χ1v) is 8.97. The van der Waals surface area contributed by atoms with Crippen molar-refractivity contribution in [3.8, 4) is 0 Å². The van der Waals surface area contributed by atoms with E-state index >= 15 is 0 Å². The zero-order valence-electron chi connectivity index (χ0n) is 14.9. The van der Waals surface area contributed by atoms with Gasteiger partial charge in [-0.1, -0.05) is 24.3 Å². The smallest absolute Gasteiger partial charge is 0.326 e. The summed E-state index contributed by atoms with van der Waals surface area (Å²) in [5.41, 5.74) is 7.31. The molecule has 1 saturated heterocycles. The molecule has 1 aromatic carbocycles. The SMILES string of the molecule is CC1(C)N2Cc3ccccc3C[C@H]2C(=O)N1[C@@H](CCCCN)C(=O)O. The van der Waals surface area contributed by atoms with E-state index in [1.807, 2.05) is 26.0 Å². The number of hydrogen-bond donors (Lipinski definition) is 2. The molecular formula is C19H27N3O3. The van der Waals surface area contributed by atoms with Crippen LogP contribution in [-0.4, -0.2) is 51.1 Å². The average Bonchev–Trinajstić information content (AvgIpc) is 2.76. The summed E-state index contributed by atoms with van der Waals surface area (Å²) in [6.45, 7) is 5.12. The van der Waals surface area contributed by atoms with Crippen LogP contribution in [0.3, 0.4) is 0 Å². The van der Waals surface area contributed by atoms with Crippen molar-refractivity contribution in [1.29, 1.82) is 0 Å². The van der Waals surface area contributed by atoms with E-state index in [2.05, 4.69) is 17.0 Å². The van der Waals surface area contributed by atoms with Gasteiger partial charge in [-0.15, -0.1) is 0 Å². The Bertz CT molecular complexity index is 674. The Balaban J connectivity index is 1.90. The van der Waals surface area contributed by atoms with Gasteiger partial charge in [-0.25, -0.2) is 4.79 Å². The number of amides is 1. The quantitative estimate of drug-likeness (QED) is 0.764. The highest BCUT2D eigenvalue weighted by Gasteiger charge is 2.55. The molecule has 0 saturated carbocycles. The summed E-state index contributed by atoms with van der Waals surface area (Å²) in [4.78, 5) is 28.8. The summed E-state index contributed by atoms with van der Waals surface area (Å²) in [6, 6.07) is 7.07. The van der Waals surface area contributed by atoms with Gasteiger partial charge in [0.1, 0.15) is 6.04 Å². The van der Waals surface area contributed by atoms with Gasteiger partial charge in [0.15, 0.2) is 0 Å². The number of fused-ring (bicyclic) bond motifs is 2. The molecule has 1 amide bonds. The molecule has 0 aliphatic carbocycles. The van der Waals surface area contributed by atoms with E-state index in [-0.39, 0.29) is 11.9 Å². The number of hydrogen-bond acceptors (Lipinski definition) is 4. The molecule has 2 aliphatic rings. The highest BCUT2D eigenvalue weighted by molar-refractivity contribution is 5.90. The Morgan fingerprint density at radius 3 is 2.64 bits per heavy atom. The van der Waals surface area contributed by atoms with Crippen LogP contribution in [0, 0.1) is 0 Å². The summed E-state index contributed by atoms with van der Waals surface area (Å²) >= 11 is 0. The van der Waals surface area contributed by atoms with Crippen molar-refractivity contribution in [2.45, 2.75) is 63.8 Å². The predicted octanol–water partition coefficient (Wildman–Crippen LogP) is 1.57. The number of unbranched alkanes of at least 4 members (excludes halogenated alkanes) is 1. The highest BCUT2D eigenvalue weighted by Crippen LogP contribution is 2.40. The number of rotatable bonds is 6. The molecule has 0 bridgehead atoms. The molecule has 2 heterocycles. The first kappa shape index (κ1) is 17.9. The summed E-state index contributed by atoms with van der Waals surface area (Å²) in [7, 11) is 0. The van der Waals surface area contributed by atoms with Crippen LogP contribution in [0.4, 0.5) is 0 Å². The predicted molar refractivity (Wildman–Crippen MR) is 94.7 cm³/mol. The van der Waals surface area contributed by atoms with Gasteiger partial charge in [0.25, 0.3) is 0 Å². The topological polar surface area (TPSA) is 86.9 Å². The minimum Gasteiger partial charge on any atom is -0.480 e. The fourth-order valence-electron chi connectivity index (χ4n) is 4.27. The van der Waals surface area contributed by atoms with E-state index in [1.54, 1.807) is 4.90 Å². The van der Waals surface area contributed by atoms with E-state index in [0.717, 1.165) is 6.42 Å². The molecular weight excluding hydrogens is 318 g/mol. The molecule has 1 aromatic rings. The number of carboxylic acid groups (broad SMARTS) is 1. The van der Waals surface area contributed by atoms with Crippen molar-refractivity contribution in [1.82, 2.24) is 9.80 Å². The largest absolute Gasteiger partial charge is 0.480 e. The third kappa shape index (κ3) is 3.04. The molecule has 3 rings (SSSR count). The number of benzene rings is 1. The second-order valence-corrected chi connectivity index (χ2v) is 7.46. The Labute approximate surface area is 148 Å². The molecule has 136 valence electrons. The Morgan fingerprint density at radius 1 is 1.32 bits per heavy atom. The van der Waals surface area contributed by atoms with Crippen LogP contribution in [-0.2, 0) is 22.6 Å². The van der Waals surface area contributed by atoms with Crippen molar-refractivity contribution in [3.05, 3.63) is 35.4 Å². The molecule has 0 aromatic heterocycles. The van der Waals surface area contributed by atoms with Crippen LogP contribution in [0.5, 0.6) is 0 Å². The average molecular weight is 345 g/mol.